The molecule has 1 aromatic carbocycles. The molecule has 0 aliphatic carbocycles. The molecule has 17 heavy (non-hydrogen) atoms. The Hall–Kier alpha value is -1.61. The van der Waals surface area contributed by atoms with Crippen LogP contribution in [-0.2, 0) is 6.42 Å². The molecule has 0 saturated carbocycles. The number of nitrogens with one attached hydrogen (secondary N) is 1. The summed E-state index contributed by atoms with van der Waals surface area (Å²) in [7, 11) is 0. The number of hydrogen-bond acceptors (Lipinski definition) is 2. The molecular weight excluding hydrogens is 210 g/mol. The average molecular weight is 229 g/mol. The molecule has 2 aromatic rings. The molecule has 1 aromatic heterocycles. The van der Waals surface area contributed by atoms with Crippen LogP contribution in [0.4, 0.5) is 0 Å². The summed E-state index contributed by atoms with van der Waals surface area (Å²) in [6.07, 6.45) is 1.84. The zero-order valence-electron chi connectivity index (χ0n) is 10.4. The van der Waals surface area contributed by atoms with Gasteiger partial charge in [-0.1, -0.05) is 31.2 Å². The van der Waals surface area contributed by atoms with Crippen molar-refractivity contribution in [1.29, 1.82) is 0 Å². The summed E-state index contributed by atoms with van der Waals surface area (Å²) in [5.74, 6) is 0. The van der Waals surface area contributed by atoms with Crippen LogP contribution in [-0.4, -0.2) is 16.2 Å². The first-order chi connectivity index (χ1) is 8.20. The predicted octanol–water partition coefficient (Wildman–Crippen LogP) is 2.66. The highest BCUT2D eigenvalue weighted by atomic mass is 15.1. The molecule has 0 radical (unpaired) electrons. The second-order valence-corrected chi connectivity index (χ2v) is 4.47. The summed E-state index contributed by atoms with van der Waals surface area (Å²) in [5.41, 5.74) is 10.5. The van der Waals surface area contributed by atoms with Gasteiger partial charge >= 0.3 is 0 Å². The molecule has 0 fully saturated rings. The van der Waals surface area contributed by atoms with Crippen molar-refractivity contribution >= 4 is 0 Å². The number of hydrogen-bond donors (Lipinski definition) is 2. The van der Waals surface area contributed by atoms with Crippen LogP contribution >= 0.6 is 0 Å². The van der Waals surface area contributed by atoms with Gasteiger partial charge in [-0.05, 0) is 25.0 Å². The molecule has 0 saturated heterocycles. The Kier molecular flexibility index (Phi) is 3.59. The van der Waals surface area contributed by atoms with Crippen LogP contribution in [0.1, 0.15) is 24.6 Å². The molecule has 0 amide bonds. The van der Waals surface area contributed by atoms with Crippen molar-refractivity contribution in [3.63, 3.8) is 0 Å². The van der Waals surface area contributed by atoms with E-state index in [1.807, 2.05) is 12.1 Å². The van der Waals surface area contributed by atoms with E-state index in [0.29, 0.717) is 0 Å². The fourth-order valence-electron chi connectivity index (χ4n) is 1.89. The summed E-state index contributed by atoms with van der Waals surface area (Å²) in [5, 5.41) is 7.42. The second-order valence-electron chi connectivity index (χ2n) is 4.47. The van der Waals surface area contributed by atoms with Crippen molar-refractivity contribution in [2.24, 2.45) is 5.73 Å². The van der Waals surface area contributed by atoms with E-state index in [0.717, 1.165) is 24.2 Å². The van der Waals surface area contributed by atoms with Crippen LogP contribution in [0, 0.1) is 6.92 Å². The first kappa shape index (κ1) is 11.9. The van der Waals surface area contributed by atoms with Crippen molar-refractivity contribution in [3.05, 3.63) is 41.6 Å². The van der Waals surface area contributed by atoms with Crippen molar-refractivity contribution in [2.45, 2.75) is 32.7 Å². The first-order valence-electron chi connectivity index (χ1n) is 6.06. The maximum Gasteiger partial charge on any atom is 0.0926 e. The van der Waals surface area contributed by atoms with Crippen LogP contribution in [0.2, 0.25) is 0 Å². The highest BCUT2D eigenvalue weighted by Gasteiger charge is 2.08. The largest absolute Gasteiger partial charge is 0.327 e. The third-order valence-corrected chi connectivity index (χ3v) is 3.06. The molecule has 3 N–H and O–H groups in total. The fraction of sp³-hybridized carbons (Fsp3) is 0.357. The topological polar surface area (TPSA) is 54.7 Å². The van der Waals surface area contributed by atoms with Gasteiger partial charge in [0.15, 0.2) is 0 Å². The number of nitrogens with two attached hydrogens (primary N) is 1. The van der Waals surface area contributed by atoms with Crippen molar-refractivity contribution in [2.75, 3.05) is 0 Å². The predicted molar refractivity (Wildman–Crippen MR) is 70.7 cm³/mol. The molecular formula is C14H19N3. The normalized spacial score (nSPS) is 12.6. The van der Waals surface area contributed by atoms with Crippen LogP contribution in [0.15, 0.2) is 30.3 Å². The number of H-pyrrole nitrogens is 1. The molecule has 3 nitrogen and oxygen atoms in total. The zero-order chi connectivity index (χ0) is 12.3. The molecule has 1 heterocycles. The van der Waals surface area contributed by atoms with E-state index < -0.39 is 0 Å². The maximum absolute atomic E-state index is 5.94. The number of rotatable bonds is 4. The van der Waals surface area contributed by atoms with Crippen molar-refractivity contribution < 1.29 is 0 Å². The molecule has 2 rings (SSSR count). The minimum absolute atomic E-state index is 0.208. The smallest absolute Gasteiger partial charge is 0.0926 e. The molecule has 1 unspecified atom stereocenters. The van der Waals surface area contributed by atoms with Crippen molar-refractivity contribution in [1.82, 2.24) is 10.2 Å². The molecule has 0 aliphatic rings. The Balaban J connectivity index is 2.21. The number of aromatic nitrogens is 2. The maximum atomic E-state index is 5.94. The standard InChI is InChI=1S/C14H19N3/c1-3-11(15)8-12-9-14(17-16-12)13-7-5-4-6-10(13)2/h4-7,9,11H,3,8,15H2,1-2H3,(H,16,17). The Morgan fingerprint density at radius 1 is 1.35 bits per heavy atom. The van der Waals surface area contributed by atoms with E-state index in [9.17, 15) is 0 Å². The second kappa shape index (κ2) is 5.15. The molecule has 3 heteroatoms. The minimum atomic E-state index is 0.208. The fourth-order valence-corrected chi connectivity index (χ4v) is 1.89. The van der Waals surface area contributed by atoms with Gasteiger partial charge in [0.2, 0.25) is 0 Å². The van der Waals surface area contributed by atoms with E-state index in [2.05, 4.69) is 42.2 Å². The van der Waals surface area contributed by atoms with Gasteiger partial charge in [-0.3, -0.25) is 5.10 Å². The lowest BCUT2D eigenvalue weighted by Crippen LogP contribution is -2.21. The van der Waals surface area contributed by atoms with Gasteiger partial charge in [-0.2, -0.15) is 5.10 Å². The number of aromatic amines is 1. The third-order valence-electron chi connectivity index (χ3n) is 3.06. The SMILES string of the molecule is CCC(N)Cc1cc(-c2ccccc2C)n[nH]1. The summed E-state index contributed by atoms with van der Waals surface area (Å²) >= 11 is 0. The van der Waals surface area contributed by atoms with Gasteiger partial charge in [0.1, 0.15) is 0 Å². The average Bonchev–Trinajstić information content (AvgIpc) is 2.78. The minimum Gasteiger partial charge on any atom is -0.327 e. The number of aryl methyl sites for hydroxylation is 1. The lowest BCUT2D eigenvalue weighted by molar-refractivity contribution is 0.635. The van der Waals surface area contributed by atoms with Gasteiger partial charge in [0.05, 0.1) is 5.69 Å². The Bertz CT molecular complexity index is 488. The molecule has 0 bridgehead atoms. The summed E-state index contributed by atoms with van der Waals surface area (Å²) in [6, 6.07) is 10.6. The Labute approximate surface area is 102 Å². The van der Waals surface area contributed by atoms with E-state index in [-0.39, 0.29) is 6.04 Å². The zero-order valence-corrected chi connectivity index (χ0v) is 10.4. The quantitative estimate of drug-likeness (QED) is 0.846. The lowest BCUT2D eigenvalue weighted by Gasteiger charge is -2.04. The van der Waals surface area contributed by atoms with Gasteiger partial charge in [0, 0.05) is 23.7 Å². The molecule has 1 atom stereocenters. The molecule has 90 valence electrons. The Morgan fingerprint density at radius 2 is 2.12 bits per heavy atom. The lowest BCUT2D eigenvalue weighted by atomic mass is 10.0. The Morgan fingerprint density at radius 3 is 2.82 bits per heavy atom. The van der Waals surface area contributed by atoms with Crippen LogP contribution in [0.5, 0.6) is 0 Å². The van der Waals surface area contributed by atoms with Gasteiger partial charge in [-0.15, -0.1) is 0 Å². The van der Waals surface area contributed by atoms with Crippen LogP contribution in [0.25, 0.3) is 11.3 Å². The molecule has 0 spiro atoms. The summed E-state index contributed by atoms with van der Waals surface area (Å²) < 4.78 is 0. The summed E-state index contributed by atoms with van der Waals surface area (Å²) in [4.78, 5) is 0. The van der Waals surface area contributed by atoms with Crippen LogP contribution < -0.4 is 5.73 Å². The molecule has 0 aliphatic heterocycles. The highest BCUT2D eigenvalue weighted by Crippen LogP contribution is 2.21. The van der Waals surface area contributed by atoms with Gasteiger partial charge in [-0.25, -0.2) is 0 Å². The van der Waals surface area contributed by atoms with Crippen LogP contribution in [0.3, 0.4) is 0 Å². The van der Waals surface area contributed by atoms with Gasteiger partial charge in [0.25, 0.3) is 0 Å². The summed E-state index contributed by atoms with van der Waals surface area (Å²) in [6.45, 7) is 4.20. The van der Waals surface area contributed by atoms with Crippen molar-refractivity contribution in [3.8, 4) is 11.3 Å². The number of nitrogens with zero attached hydrogens (tertiary/aromatic N) is 1. The highest BCUT2D eigenvalue weighted by molar-refractivity contribution is 5.63. The van der Waals surface area contributed by atoms with E-state index in [4.69, 9.17) is 5.73 Å². The first-order valence-corrected chi connectivity index (χ1v) is 6.06. The van der Waals surface area contributed by atoms with E-state index in [1.165, 1.54) is 11.1 Å². The van der Waals surface area contributed by atoms with E-state index >= 15 is 0 Å². The number of benzene rings is 1. The van der Waals surface area contributed by atoms with E-state index in [1.54, 1.807) is 0 Å². The third kappa shape index (κ3) is 2.74. The van der Waals surface area contributed by atoms with Gasteiger partial charge < -0.3 is 5.73 Å². The monoisotopic (exact) mass is 229 g/mol.